The first-order chi connectivity index (χ1) is 17.8. The van der Waals surface area contributed by atoms with E-state index in [0.717, 1.165) is 12.8 Å². The summed E-state index contributed by atoms with van der Waals surface area (Å²) in [4.78, 5) is 0. The molecule has 0 amide bonds. The van der Waals surface area contributed by atoms with Crippen LogP contribution in [0.1, 0.15) is 124 Å². The van der Waals surface area contributed by atoms with Crippen molar-refractivity contribution < 1.29 is 0 Å². The van der Waals surface area contributed by atoms with Crippen LogP contribution in [0.5, 0.6) is 0 Å². The molecular weight excluding hydrogens is 432 g/mol. The lowest BCUT2D eigenvalue weighted by Gasteiger charge is -2.09. The molecule has 0 atom stereocenters. The van der Waals surface area contributed by atoms with E-state index in [1.807, 2.05) is 0 Å². The van der Waals surface area contributed by atoms with E-state index in [-0.39, 0.29) is 0 Å². The smallest absolute Gasteiger partial charge is 0.00257 e. The Morgan fingerprint density at radius 1 is 0.361 bits per heavy atom. The van der Waals surface area contributed by atoms with Gasteiger partial charge in [-0.3, -0.25) is 0 Å². The van der Waals surface area contributed by atoms with Gasteiger partial charge in [0.15, 0.2) is 0 Å². The first-order valence-electron chi connectivity index (χ1n) is 15.0. The van der Waals surface area contributed by atoms with E-state index < -0.39 is 0 Å². The van der Waals surface area contributed by atoms with Gasteiger partial charge in [-0.25, -0.2) is 0 Å². The molecule has 0 N–H and O–H groups in total. The lowest BCUT2D eigenvalue weighted by molar-refractivity contribution is 0.607. The molecule has 194 valence electrons. The minimum Gasteiger partial charge on any atom is -0.0654 e. The molecule has 0 saturated heterocycles. The molecule has 3 aromatic rings. The first kappa shape index (κ1) is 28.2. The molecule has 0 fully saturated rings. The zero-order valence-corrected chi connectivity index (χ0v) is 23.2. The van der Waals surface area contributed by atoms with Gasteiger partial charge in [0.1, 0.15) is 0 Å². The molecule has 0 spiro atoms. The van der Waals surface area contributed by atoms with Crippen LogP contribution in [0.25, 0.3) is 0 Å². The van der Waals surface area contributed by atoms with E-state index in [9.17, 15) is 0 Å². The fourth-order valence-corrected chi connectivity index (χ4v) is 5.26. The Labute approximate surface area is 222 Å². The van der Waals surface area contributed by atoms with Gasteiger partial charge in [0, 0.05) is 0 Å². The third-order valence-corrected chi connectivity index (χ3v) is 7.46. The summed E-state index contributed by atoms with van der Waals surface area (Å²) < 4.78 is 0. The Kier molecular flexibility index (Phi) is 13.5. The molecule has 0 heterocycles. The fourth-order valence-electron chi connectivity index (χ4n) is 5.26. The van der Waals surface area contributed by atoms with Crippen LogP contribution in [0, 0.1) is 0 Å². The topological polar surface area (TPSA) is 0 Å². The van der Waals surface area contributed by atoms with Crippen LogP contribution in [0.4, 0.5) is 0 Å². The van der Waals surface area contributed by atoms with E-state index in [2.05, 4.69) is 86.6 Å². The van der Waals surface area contributed by atoms with Gasteiger partial charge >= 0.3 is 0 Å². The summed E-state index contributed by atoms with van der Waals surface area (Å²) in [5, 5.41) is 0. The fraction of sp³-hybridized carbons (Fsp3) is 0.500. The molecule has 0 aliphatic heterocycles. The second-order valence-electron chi connectivity index (χ2n) is 10.8. The van der Waals surface area contributed by atoms with Crippen molar-refractivity contribution in [2.75, 3.05) is 0 Å². The minimum absolute atomic E-state index is 1.03. The lowest BCUT2D eigenvalue weighted by Crippen LogP contribution is -1.94. The van der Waals surface area contributed by atoms with Gasteiger partial charge in [0.05, 0.1) is 0 Å². The van der Waals surface area contributed by atoms with Crippen LogP contribution in [0.3, 0.4) is 0 Å². The van der Waals surface area contributed by atoms with Crippen molar-refractivity contribution in [2.45, 2.75) is 117 Å². The maximum absolute atomic E-state index is 2.43. The number of unbranched alkanes of at least 4 members (excludes halogenated alkanes) is 10. The standard InChI is InChI=1S/C36H50/c1-3-5-7-9-11-13-17-31-19-15-21-35(27-31)29-33-23-25-34(26-24-33)30-36-22-16-20-32(28-36)18-14-12-10-8-6-4-2/h15-16,19-28H,3-14,17-18,29-30H2,1-2H3. The van der Waals surface area contributed by atoms with Crippen molar-refractivity contribution in [1.29, 1.82) is 0 Å². The van der Waals surface area contributed by atoms with Crippen LogP contribution < -0.4 is 0 Å². The highest BCUT2D eigenvalue weighted by atomic mass is 14.1. The van der Waals surface area contributed by atoms with E-state index in [0.29, 0.717) is 0 Å². The van der Waals surface area contributed by atoms with Crippen LogP contribution in [-0.2, 0) is 25.7 Å². The van der Waals surface area contributed by atoms with Crippen LogP contribution >= 0.6 is 0 Å². The second-order valence-corrected chi connectivity index (χ2v) is 10.8. The summed E-state index contributed by atoms with van der Waals surface area (Å²) in [6, 6.07) is 27.8. The van der Waals surface area contributed by atoms with Crippen molar-refractivity contribution in [1.82, 2.24) is 0 Å². The zero-order valence-electron chi connectivity index (χ0n) is 23.2. The Bertz CT molecular complexity index is 885. The number of hydrogen-bond donors (Lipinski definition) is 0. The molecule has 0 bridgehead atoms. The minimum atomic E-state index is 1.03. The summed E-state index contributed by atoms with van der Waals surface area (Å²) in [5.41, 5.74) is 8.70. The molecule has 0 aromatic heterocycles. The average molecular weight is 483 g/mol. The molecule has 0 saturated carbocycles. The molecule has 0 heteroatoms. The number of aryl methyl sites for hydroxylation is 2. The third-order valence-electron chi connectivity index (χ3n) is 7.46. The second kappa shape index (κ2) is 17.2. The predicted molar refractivity (Wildman–Crippen MR) is 159 cm³/mol. The summed E-state index contributed by atoms with van der Waals surface area (Å²) in [6.07, 6.45) is 20.9. The van der Waals surface area contributed by atoms with E-state index in [1.54, 1.807) is 0 Å². The van der Waals surface area contributed by atoms with Crippen molar-refractivity contribution in [3.63, 3.8) is 0 Å². The highest BCUT2D eigenvalue weighted by Gasteiger charge is 2.03. The first-order valence-corrected chi connectivity index (χ1v) is 15.0. The Balaban J connectivity index is 1.44. The highest BCUT2D eigenvalue weighted by Crippen LogP contribution is 2.18. The van der Waals surface area contributed by atoms with Gasteiger partial charge in [0.25, 0.3) is 0 Å². The van der Waals surface area contributed by atoms with Crippen molar-refractivity contribution in [2.24, 2.45) is 0 Å². The lowest BCUT2D eigenvalue weighted by atomic mass is 9.97. The van der Waals surface area contributed by atoms with Gasteiger partial charge in [0.2, 0.25) is 0 Å². The number of benzene rings is 3. The average Bonchev–Trinajstić information content (AvgIpc) is 2.90. The quantitative estimate of drug-likeness (QED) is 0.158. The molecule has 3 aromatic carbocycles. The Morgan fingerprint density at radius 2 is 0.722 bits per heavy atom. The van der Waals surface area contributed by atoms with Gasteiger partial charge in [-0.15, -0.1) is 0 Å². The van der Waals surface area contributed by atoms with E-state index in [1.165, 1.54) is 123 Å². The van der Waals surface area contributed by atoms with Gasteiger partial charge in [-0.2, -0.15) is 0 Å². The summed E-state index contributed by atoms with van der Waals surface area (Å²) in [7, 11) is 0. The van der Waals surface area contributed by atoms with Crippen molar-refractivity contribution in [3.05, 3.63) is 106 Å². The Hall–Kier alpha value is -2.34. The van der Waals surface area contributed by atoms with Crippen molar-refractivity contribution >= 4 is 0 Å². The zero-order chi connectivity index (χ0) is 25.3. The SMILES string of the molecule is CCCCCCCCc1cccc(Cc2ccc(Cc3cccc(CCCCCCCC)c3)cc2)c1. The predicted octanol–water partition coefficient (Wildman–Crippen LogP) is 10.7. The molecular formula is C36H50. The van der Waals surface area contributed by atoms with Crippen LogP contribution in [-0.4, -0.2) is 0 Å². The molecule has 0 radical (unpaired) electrons. The number of hydrogen-bond acceptors (Lipinski definition) is 0. The van der Waals surface area contributed by atoms with Crippen molar-refractivity contribution in [3.8, 4) is 0 Å². The van der Waals surface area contributed by atoms with Gasteiger partial charge in [-0.1, -0.05) is 151 Å². The largest absolute Gasteiger partial charge is 0.0654 e. The molecule has 36 heavy (non-hydrogen) atoms. The molecule has 3 rings (SSSR count). The summed E-state index contributed by atoms with van der Waals surface area (Å²) >= 11 is 0. The maximum atomic E-state index is 2.43. The third kappa shape index (κ3) is 11.2. The van der Waals surface area contributed by atoms with Crippen LogP contribution in [0.15, 0.2) is 72.8 Å². The monoisotopic (exact) mass is 482 g/mol. The van der Waals surface area contributed by atoms with Gasteiger partial charge in [-0.05, 0) is 71.9 Å². The molecule has 0 unspecified atom stereocenters. The summed E-state index contributed by atoms with van der Waals surface area (Å²) in [6.45, 7) is 4.57. The normalized spacial score (nSPS) is 11.2. The van der Waals surface area contributed by atoms with Gasteiger partial charge < -0.3 is 0 Å². The number of rotatable bonds is 18. The van der Waals surface area contributed by atoms with E-state index in [4.69, 9.17) is 0 Å². The van der Waals surface area contributed by atoms with E-state index >= 15 is 0 Å². The highest BCUT2D eigenvalue weighted by molar-refractivity contribution is 5.34. The maximum Gasteiger partial charge on any atom is -0.00257 e. The molecule has 0 nitrogen and oxygen atoms in total. The molecule has 0 aliphatic rings. The molecule has 0 aliphatic carbocycles. The Morgan fingerprint density at radius 3 is 1.14 bits per heavy atom. The van der Waals surface area contributed by atoms with Crippen LogP contribution in [0.2, 0.25) is 0 Å². The summed E-state index contributed by atoms with van der Waals surface area (Å²) in [5.74, 6) is 0.